The van der Waals surface area contributed by atoms with E-state index in [0.717, 1.165) is 12.1 Å². The lowest BCUT2D eigenvalue weighted by Gasteiger charge is -2.11. The molecule has 2 aromatic rings. The monoisotopic (exact) mass is 384 g/mol. The number of aromatic nitrogens is 2. The lowest BCUT2D eigenvalue weighted by molar-refractivity contribution is -0.137. The van der Waals surface area contributed by atoms with Crippen LogP contribution in [0.4, 0.5) is 24.9 Å². The van der Waals surface area contributed by atoms with E-state index in [1.807, 2.05) is 0 Å². The Balaban J connectivity index is 2.08. The van der Waals surface area contributed by atoms with Crippen molar-refractivity contribution >= 4 is 35.6 Å². The number of carbonyl (C=O) groups excluding carboxylic acids is 2. The molecule has 0 aliphatic heterocycles. The molecule has 0 amide bonds. The van der Waals surface area contributed by atoms with Gasteiger partial charge in [0, 0.05) is 6.42 Å². The molecular formula is C16H15F3N4O2S. The fourth-order valence-electron chi connectivity index (χ4n) is 2.19. The number of nitrogens with one attached hydrogen (secondary N) is 1. The maximum absolute atomic E-state index is 12.7. The van der Waals surface area contributed by atoms with Crippen LogP contribution in [0, 0.1) is 0 Å². The predicted molar refractivity (Wildman–Crippen MR) is 92.3 cm³/mol. The number of rotatable bonds is 7. The third-order valence-electron chi connectivity index (χ3n) is 3.35. The van der Waals surface area contributed by atoms with E-state index in [0.29, 0.717) is 11.3 Å². The molecule has 0 radical (unpaired) electrons. The predicted octanol–water partition coefficient (Wildman–Crippen LogP) is 2.84. The number of nitrogen functional groups attached to an aromatic ring is 1. The van der Waals surface area contributed by atoms with Gasteiger partial charge in [0.25, 0.3) is 0 Å². The first-order valence-electron chi connectivity index (χ1n) is 7.33. The Hall–Kier alpha value is -2.62. The molecule has 0 aliphatic carbocycles. The van der Waals surface area contributed by atoms with Crippen LogP contribution in [0.3, 0.4) is 0 Å². The zero-order valence-electron chi connectivity index (χ0n) is 13.6. The van der Waals surface area contributed by atoms with Gasteiger partial charge in [-0.05, 0) is 17.9 Å². The summed E-state index contributed by atoms with van der Waals surface area (Å²) in [4.78, 5) is 31.1. The normalized spacial score (nSPS) is 11.2. The lowest BCUT2D eigenvalue weighted by Crippen LogP contribution is -2.19. The van der Waals surface area contributed by atoms with E-state index in [9.17, 15) is 22.8 Å². The van der Waals surface area contributed by atoms with Crippen LogP contribution < -0.4 is 11.1 Å². The second-order valence-electron chi connectivity index (χ2n) is 5.24. The molecule has 2 rings (SSSR count). The van der Waals surface area contributed by atoms with E-state index in [1.165, 1.54) is 23.9 Å². The molecule has 0 unspecified atom stereocenters. The number of thioether (sulfide) groups is 1. The van der Waals surface area contributed by atoms with Gasteiger partial charge >= 0.3 is 6.18 Å². The van der Waals surface area contributed by atoms with Crippen molar-refractivity contribution in [3.8, 4) is 0 Å². The van der Waals surface area contributed by atoms with Gasteiger partial charge in [-0.2, -0.15) is 18.2 Å². The van der Waals surface area contributed by atoms with Crippen LogP contribution in [-0.4, -0.2) is 34.8 Å². The Morgan fingerprint density at radius 2 is 2.08 bits per heavy atom. The highest BCUT2D eigenvalue weighted by Crippen LogP contribution is 2.29. The number of anilines is 2. The van der Waals surface area contributed by atoms with Gasteiger partial charge in [0.05, 0.1) is 17.7 Å². The number of hydrogen-bond donors (Lipinski definition) is 2. The minimum Gasteiger partial charge on any atom is -0.368 e. The Kier molecular flexibility index (Phi) is 6.19. The number of Topliss-reactive ketones (excluding diaryl/α,β-unsaturated/α-hetero) is 1. The van der Waals surface area contributed by atoms with Gasteiger partial charge in [0.15, 0.2) is 12.1 Å². The van der Waals surface area contributed by atoms with E-state index in [4.69, 9.17) is 5.73 Å². The van der Waals surface area contributed by atoms with Crippen molar-refractivity contribution in [3.05, 3.63) is 41.0 Å². The van der Waals surface area contributed by atoms with Crippen molar-refractivity contribution in [2.24, 2.45) is 0 Å². The molecule has 6 nitrogen and oxygen atoms in total. The number of halogens is 3. The molecule has 138 valence electrons. The number of alkyl halides is 3. The smallest absolute Gasteiger partial charge is 0.368 e. The molecule has 0 atom stereocenters. The van der Waals surface area contributed by atoms with Crippen molar-refractivity contribution in [1.82, 2.24) is 9.97 Å². The summed E-state index contributed by atoms with van der Waals surface area (Å²) in [6.07, 6.45) is -2.41. The van der Waals surface area contributed by atoms with Crippen LogP contribution in [0.5, 0.6) is 0 Å². The summed E-state index contributed by atoms with van der Waals surface area (Å²) in [5.41, 5.74) is 5.16. The first-order valence-corrected chi connectivity index (χ1v) is 8.55. The van der Waals surface area contributed by atoms with E-state index >= 15 is 0 Å². The molecule has 0 aliphatic rings. The van der Waals surface area contributed by atoms with Gasteiger partial charge in [0.2, 0.25) is 5.95 Å². The molecule has 0 bridgehead atoms. The highest BCUT2D eigenvalue weighted by molar-refractivity contribution is 7.98. The lowest BCUT2D eigenvalue weighted by atomic mass is 10.1. The van der Waals surface area contributed by atoms with Crippen LogP contribution in [0.15, 0.2) is 29.3 Å². The Bertz CT molecular complexity index is 828. The number of ketones is 1. The van der Waals surface area contributed by atoms with Crippen molar-refractivity contribution in [3.63, 3.8) is 0 Å². The fourth-order valence-corrected chi connectivity index (χ4v) is 2.74. The Morgan fingerprint density at radius 1 is 1.35 bits per heavy atom. The summed E-state index contributed by atoms with van der Waals surface area (Å²) in [7, 11) is 0. The third kappa shape index (κ3) is 4.94. The van der Waals surface area contributed by atoms with Crippen LogP contribution in [0.2, 0.25) is 0 Å². The minimum absolute atomic E-state index is 0.0622. The number of hydrogen-bond acceptors (Lipinski definition) is 7. The van der Waals surface area contributed by atoms with Gasteiger partial charge in [0.1, 0.15) is 10.8 Å². The van der Waals surface area contributed by atoms with Gasteiger partial charge in [-0.3, -0.25) is 9.59 Å². The van der Waals surface area contributed by atoms with Gasteiger partial charge in [-0.1, -0.05) is 18.2 Å². The van der Waals surface area contributed by atoms with Crippen LogP contribution in [0.1, 0.15) is 21.5 Å². The van der Waals surface area contributed by atoms with E-state index in [2.05, 4.69) is 15.3 Å². The molecule has 10 heteroatoms. The number of nitrogens with zero attached hydrogens (tertiary/aromatic N) is 2. The van der Waals surface area contributed by atoms with Crippen LogP contribution >= 0.6 is 11.8 Å². The average Bonchev–Trinajstić information content (AvgIpc) is 2.58. The van der Waals surface area contributed by atoms with Crippen LogP contribution in [0.25, 0.3) is 0 Å². The van der Waals surface area contributed by atoms with E-state index in [-0.39, 0.29) is 41.6 Å². The Morgan fingerprint density at radius 3 is 2.69 bits per heavy atom. The highest BCUT2D eigenvalue weighted by Gasteiger charge is 2.30. The van der Waals surface area contributed by atoms with Gasteiger partial charge in [-0.15, -0.1) is 11.8 Å². The summed E-state index contributed by atoms with van der Waals surface area (Å²) >= 11 is 1.20. The molecule has 1 heterocycles. The number of aldehydes is 1. The minimum atomic E-state index is -4.47. The molecule has 0 saturated heterocycles. The molecule has 0 spiro atoms. The summed E-state index contributed by atoms with van der Waals surface area (Å²) < 4.78 is 38.1. The Labute approximate surface area is 151 Å². The second-order valence-corrected chi connectivity index (χ2v) is 6.03. The largest absolute Gasteiger partial charge is 0.416 e. The van der Waals surface area contributed by atoms with Crippen molar-refractivity contribution in [2.75, 3.05) is 23.9 Å². The summed E-state index contributed by atoms with van der Waals surface area (Å²) in [5, 5.41) is 3.06. The first-order chi connectivity index (χ1) is 12.2. The zero-order chi connectivity index (χ0) is 19.3. The number of nitrogens with two attached hydrogens (primary N) is 1. The van der Waals surface area contributed by atoms with E-state index < -0.39 is 11.7 Å². The summed E-state index contributed by atoms with van der Waals surface area (Å²) in [5.74, 6) is -0.328. The maximum atomic E-state index is 12.7. The fraction of sp³-hybridized carbons (Fsp3) is 0.250. The molecule has 0 saturated carbocycles. The van der Waals surface area contributed by atoms with Gasteiger partial charge in [-0.25, -0.2) is 4.98 Å². The van der Waals surface area contributed by atoms with Crippen molar-refractivity contribution in [2.45, 2.75) is 17.6 Å². The number of carbonyl (C=O) groups is 2. The van der Waals surface area contributed by atoms with Gasteiger partial charge < -0.3 is 11.1 Å². The summed E-state index contributed by atoms with van der Waals surface area (Å²) in [6, 6.07) is 4.57. The topological polar surface area (TPSA) is 98.0 Å². The molecule has 26 heavy (non-hydrogen) atoms. The SMILES string of the molecule is CSc1nc(N)nc(NCC(=O)Cc2cccc(C(F)(F)F)c2)c1C=O. The van der Waals surface area contributed by atoms with Crippen molar-refractivity contribution < 1.29 is 22.8 Å². The third-order valence-corrected chi connectivity index (χ3v) is 4.05. The average molecular weight is 384 g/mol. The van der Waals surface area contributed by atoms with Crippen LogP contribution in [-0.2, 0) is 17.4 Å². The molecule has 0 fully saturated rings. The quantitative estimate of drug-likeness (QED) is 0.430. The first kappa shape index (κ1) is 19.7. The van der Waals surface area contributed by atoms with Crippen molar-refractivity contribution in [1.29, 1.82) is 0 Å². The molecular weight excluding hydrogens is 369 g/mol. The summed E-state index contributed by atoms with van der Waals surface area (Å²) in [6.45, 7) is -0.221. The molecule has 1 aromatic heterocycles. The highest BCUT2D eigenvalue weighted by atomic mass is 32.2. The number of benzene rings is 1. The zero-order valence-corrected chi connectivity index (χ0v) is 14.4. The maximum Gasteiger partial charge on any atom is 0.416 e. The molecule has 3 N–H and O–H groups in total. The second kappa shape index (κ2) is 8.17. The molecule has 1 aromatic carbocycles. The standard InChI is InChI=1S/C16H15F3N4O2S/c1-26-14-12(8-24)13(22-15(20)23-14)21-7-11(25)6-9-3-2-4-10(5-9)16(17,18)19/h2-5,8H,6-7H2,1H3,(H3,20,21,22,23). The van der Waals surface area contributed by atoms with E-state index in [1.54, 1.807) is 6.26 Å².